The molecule has 0 bridgehead atoms. The molecule has 0 radical (unpaired) electrons. The van der Waals surface area contributed by atoms with E-state index >= 15 is 0 Å². The minimum atomic E-state index is -1.00. The number of aliphatic hydroxyl groups excluding tert-OH is 1. The first-order chi connectivity index (χ1) is 9.69. The van der Waals surface area contributed by atoms with E-state index in [9.17, 15) is 9.90 Å². The number of methoxy groups -OCH3 is 1. The molecule has 0 saturated heterocycles. The molecule has 0 amide bonds. The van der Waals surface area contributed by atoms with Crippen molar-refractivity contribution in [2.24, 2.45) is 0 Å². The summed E-state index contributed by atoms with van der Waals surface area (Å²) >= 11 is 0. The van der Waals surface area contributed by atoms with E-state index in [0.717, 1.165) is 18.6 Å². The first kappa shape index (κ1) is 16.7. The van der Waals surface area contributed by atoms with Gasteiger partial charge in [0.25, 0.3) is 0 Å². The molecular formula is C17H26O3. The second-order valence-corrected chi connectivity index (χ2v) is 5.16. The Balaban J connectivity index is 2.31. The van der Waals surface area contributed by atoms with Crippen molar-refractivity contribution in [2.45, 2.75) is 58.0 Å². The van der Waals surface area contributed by atoms with Crippen molar-refractivity contribution in [1.82, 2.24) is 0 Å². The number of hydrogen-bond acceptors (Lipinski definition) is 3. The van der Waals surface area contributed by atoms with Gasteiger partial charge in [-0.1, -0.05) is 51.2 Å². The summed E-state index contributed by atoms with van der Waals surface area (Å²) in [5, 5.41) is 10.0. The summed E-state index contributed by atoms with van der Waals surface area (Å²) < 4.78 is 5.05. The minimum absolute atomic E-state index is 0.0920. The standard InChI is InChI=1S/C17H26O3/c1-3-4-5-6-7-8-9-16(18)17(19)14-10-12-15(20-2)13-11-14/h10-13,17,19H,3-9H2,1-2H3. The molecule has 0 aliphatic heterocycles. The fourth-order valence-electron chi connectivity index (χ4n) is 2.19. The van der Waals surface area contributed by atoms with Gasteiger partial charge in [-0.05, 0) is 24.1 Å². The number of rotatable bonds is 10. The summed E-state index contributed by atoms with van der Waals surface area (Å²) in [5.74, 6) is 0.634. The van der Waals surface area contributed by atoms with Gasteiger partial charge in [-0.3, -0.25) is 4.79 Å². The van der Waals surface area contributed by atoms with Crippen LogP contribution in [0.2, 0.25) is 0 Å². The van der Waals surface area contributed by atoms with Gasteiger partial charge in [-0.25, -0.2) is 0 Å². The molecule has 3 nitrogen and oxygen atoms in total. The summed E-state index contributed by atoms with van der Waals surface area (Å²) in [5.41, 5.74) is 0.641. The molecule has 1 aromatic rings. The maximum atomic E-state index is 11.9. The predicted molar refractivity (Wildman–Crippen MR) is 81.0 cm³/mol. The fraction of sp³-hybridized carbons (Fsp3) is 0.588. The molecule has 0 spiro atoms. The molecule has 3 heteroatoms. The summed E-state index contributed by atoms with van der Waals surface area (Å²) in [4.78, 5) is 11.9. The maximum Gasteiger partial charge on any atom is 0.165 e. The molecule has 0 saturated carbocycles. The number of aliphatic hydroxyl groups is 1. The third-order valence-electron chi connectivity index (χ3n) is 3.51. The van der Waals surface area contributed by atoms with Gasteiger partial charge in [0, 0.05) is 6.42 Å². The van der Waals surface area contributed by atoms with Crippen LogP contribution >= 0.6 is 0 Å². The zero-order valence-electron chi connectivity index (χ0n) is 12.6. The number of hydrogen-bond donors (Lipinski definition) is 1. The van der Waals surface area contributed by atoms with Gasteiger partial charge in [0.15, 0.2) is 5.78 Å². The molecule has 1 unspecified atom stereocenters. The lowest BCUT2D eigenvalue weighted by molar-refractivity contribution is -0.127. The van der Waals surface area contributed by atoms with Crippen molar-refractivity contribution >= 4 is 5.78 Å². The van der Waals surface area contributed by atoms with Gasteiger partial charge in [0.05, 0.1) is 7.11 Å². The Hall–Kier alpha value is -1.35. The molecule has 0 aromatic heterocycles. The summed E-state index contributed by atoms with van der Waals surface area (Å²) in [6.07, 6.45) is 6.32. The molecule has 0 aliphatic carbocycles. The van der Waals surface area contributed by atoms with Crippen molar-refractivity contribution in [3.05, 3.63) is 29.8 Å². The van der Waals surface area contributed by atoms with Gasteiger partial charge < -0.3 is 9.84 Å². The molecule has 1 aromatic carbocycles. The zero-order chi connectivity index (χ0) is 14.8. The Morgan fingerprint density at radius 2 is 1.70 bits per heavy atom. The van der Waals surface area contributed by atoms with Gasteiger partial charge in [0.1, 0.15) is 11.9 Å². The van der Waals surface area contributed by atoms with Crippen molar-refractivity contribution in [1.29, 1.82) is 0 Å². The van der Waals surface area contributed by atoms with Crippen LogP contribution < -0.4 is 4.74 Å². The van der Waals surface area contributed by atoms with Gasteiger partial charge in [-0.2, -0.15) is 0 Å². The smallest absolute Gasteiger partial charge is 0.165 e. The molecular weight excluding hydrogens is 252 g/mol. The molecule has 0 aliphatic rings. The molecule has 1 atom stereocenters. The lowest BCUT2D eigenvalue weighted by atomic mass is 10.0. The van der Waals surface area contributed by atoms with Crippen LogP contribution in [0.5, 0.6) is 5.75 Å². The lowest BCUT2D eigenvalue weighted by Crippen LogP contribution is -2.11. The Bertz CT molecular complexity index is 384. The number of Topliss-reactive ketones (excluding diaryl/α,β-unsaturated/α-hetero) is 1. The largest absolute Gasteiger partial charge is 0.497 e. The third kappa shape index (κ3) is 5.74. The van der Waals surface area contributed by atoms with E-state index in [0.29, 0.717) is 12.0 Å². The Morgan fingerprint density at radius 3 is 2.30 bits per heavy atom. The lowest BCUT2D eigenvalue weighted by Gasteiger charge is -2.10. The van der Waals surface area contributed by atoms with Crippen molar-refractivity contribution in [3.63, 3.8) is 0 Å². The van der Waals surface area contributed by atoms with E-state index in [1.54, 1.807) is 31.4 Å². The van der Waals surface area contributed by atoms with E-state index in [-0.39, 0.29) is 5.78 Å². The van der Waals surface area contributed by atoms with E-state index < -0.39 is 6.10 Å². The van der Waals surface area contributed by atoms with E-state index in [4.69, 9.17) is 4.74 Å². The highest BCUT2D eigenvalue weighted by molar-refractivity contribution is 5.84. The van der Waals surface area contributed by atoms with Crippen molar-refractivity contribution in [3.8, 4) is 5.75 Å². The van der Waals surface area contributed by atoms with Crippen LogP contribution in [0, 0.1) is 0 Å². The van der Waals surface area contributed by atoms with Crippen LogP contribution in [0.15, 0.2) is 24.3 Å². The average molecular weight is 278 g/mol. The van der Waals surface area contributed by atoms with E-state index in [1.807, 2.05) is 0 Å². The maximum absolute atomic E-state index is 11.9. The van der Waals surface area contributed by atoms with Crippen LogP contribution in [-0.4, -0.2) is 18.0 Å². The monoisotopic (exact) mass is 278 g/mol. The van der Waals surface area contributed by atoms with Crippen LogP contribution in [-0.2, 0) is 4.79 Å². The number of unbranched alkanes of at least 4 members (excludes halogenated alkanes) is 5. The minimum Gasteiger partial charge on any atom is -0.497 e. The zero-order valence-corrected chi connectivity index (χ0v) is 12.6. The third-order valence-corrected chi connectivity index (χ3v) is 3.51. The molecule has 0 heterocycles. The van der Waals surface area contributed by atoms with Crippen LogP contribution in [0.3, 0.4) is 0 Å². The molecule has 112 valence electrons. The first-order valence-corrected chi connectivity index (χ1v) is 7.53. The number of carbonyl (C=O) groups is 1. The Morgan fingerprint density at radius 1 is 1.10 bits per heavy atom. The molecule has 0 fully saturated rings. The fourth-order valence-corrected chi connectivity index (χ4v) is 2.19. The van der Waals surface area contributed by atoms with Gasteiger partial charge >= 0.3 is 0 Å². The highest BCUT2D eigenvalue weighted by atomic mass is 16.5. The van der Waals surface area contributed by atoms with Crippen molar-refractivity contribution in [2.75, 3.05) is 7.11 Å². The summed E-state index contributed by atoms with van der Waals surface area (Å²) in [6, 6.07) is 7.00. The van der Waals surface area contributed by atoms with E-state index in [2.05, 4.69) is 6.92 Å². The molecule has 1 rings (SSSR count). The van der Waals surface area contributed by atoms with Gasteiger partial charge in [-0.15, -0.1) is 0 Å². The number of ketones is 1. The second kappa shape index (κ2) is 9.54. The second-order valence-electron chi connectivity index (χ2n) is 5.16. The summed E-state index contributed by atoms with van der Waals surface area (Å²) in [7, 11) is 1.59. The number of carbonyl (C=O) groups excluding carboxylic acids is 1. The van der Waals surface area contributed by atoms with Crippen LogP contribution in [0.1, 0.15) is 63.5 Å². The van der Waals surface area contributed by atoms with Crippen LogP contribution in [0.25, 0.3) is 0 Å². The SMILES string of the molecule is CCCCCCCCC(=O)C(O)c1ccc(OC)cc1. The Labute approximate surface area is 122 Å². The molecule has 20 heavy (non-hydrogen) atoms. The predicted octanol–water partition coefficient (Wildman–Crippen LogP) is 4.05. The molecule has 1 N–H and O–H groups in total. The summed E-state index contributed by atoms with van der Waals surface area (Å²) in [6.45, 7) is 2.19. The first-order valence-electron chi connectivity index (χ1n) is 7.53. The van der Waals surface area contributed by atoms with Gasteiger partial charge in [0.2, 0.25) is 0 Å². The van der Waals surface area contributed by atoms with Crippen LogP contribution in [0.4, 0.5) is 0 Å². The highest BCUT2D eigenvalue weighted by Crippen LogP contribution is 2.20. The van der Waals surface area contributed by atoms with E-state index in [1.165, 1.54) is 25.7 Å². The number of ether oxygens (including phenoxy) is 1. The number of benzene rings is 1. The topological polar surface area (TPSA) is 46.5 Å². The highest BCUT2D eigenvalue weighted by Gasteiger charge is 2.16. The average Bonchev–Trinajstić information content (AvgIpc) is 2.50. The quantitative estimate of drug-likeness (QED) is 0.657. The normalized spacial score (nSPS) is 12.2. The van der Waals surface area contributed by atoms with Crippen molar-refractivity contribution < 1.29 is 14.6 Å². The Kier molecular flexibility index (Phi) is 7.97.